The highest BCUT2D eigenvalue weighted by atomic mass is 16.4. The molecule has 19 heavy (non-hydrogen) atoms. The van der Waals surface area contributed by atoms with Gasteiger partial charge < -0.3 is 10.4 Å². The van der Waals surface area contributed by atoms with Crippen molar-refractivity contribution in [2.75, 3.05) is 5.32 Å². The molecular weight excluding hydrogens is 246 g/mol. The third kappa shape index (κ3) is 2.99. The number of hydrogen-bond donors (Lipinski definition) is 2. The van der Waals surface area contributed by atoms with Crippen LogP contribution in [0.3, 0.4) is 0 Å². The lowest BCUT2D eigenvalue weighted by Gasteiger charge is -2.22. The lowest BCUT2D eigenvalue weighted by molar-refractivity contribution is -0.151. The Morgan fingerprint density at radius 3 is 2.63 bits per heavy atom. The zero-order chi connectivity index (χ0) is 14.0. The maximum atomic E-state index is 11.5. The van der Waals surface area contributed by atoms with Crippen LogP contribution in [-0.4, -0.2) is 22.8 Å². The number of amides is 1. The van der Waals surface area contributed by atoms with E-state index < -0.39 is 17.7 Å². The Labute approximate surface area is 110 Å². The first-order chi connectivity index (χ1) is 8.97. The van der Waals surface area contributed by atoms with Crippen molar-refractivity contribution in [3.63, 3.8) is 0 Å². The summed E-state index contributed by atoms with van der Waals surface area (Å²) in [5, 5.41) is 11.4. The minimum atomic E-state index is -1.36. The highest BCUT2D eigenvalue weighted by molar-refractivity contribution is 6.33. The number of hydrogen-bond acceptors (Lipinski definition) is 3. The van der Waals surface area contributed by atoms with Crippen molar-refractivity contribution in [3.8, 4) is 0 Å². The summed E-state index contributed by atoms with van der Waals surface area (Å²) in [7, 11) is 0. The Kier molecular flexibility index (Phi) is 3.64. The summed E-state index contributed by atoms with van der Waals surface area (Å²) in [6.07, 6.45) is 1.66. The second kappa shape index (κ2) is 5.22. The number of fused-ring (bicyclic) bond motifs is 1. The molecule has 0 fully saturated rings. The molecule has 5 heteroatoms. The van der Waals surface area contributed by atoms with Crippen LogP contribution in [0.4, 0.5) is 5.69 Å². The van der Waals surface area contributed by atoms with Gasteiger partial charge in [0.2, 0.25) is 11.7 Å². The summed E-state index contributed by atoms with van der Waals surface area (Å²) in [5.41, 5.74) is 2.79. The molecule has 1 aromatic rings. The van der Waals surface area contributed by atoms with Gasteiger partial charge in [-0.1, -0.05) is 6.07 Å². The second-order valence-electron chi connectivity index (χ2n) is 4.77. The van der Waals surface area contributed by atoms with Crippen molar-refractivity contribution in [2.45, 2.75) is 26.2 Å². The molecule has 1 atom stereocenters. The van der Waals surface area contributed by atoms with Crippen LogP contribution in [0.2, 0.25) is 0 Å². The van der Waals surface area contributed by atoms with E-state index >= 15 is 0 Å². The number of carbonyl (C=O) groups excluding carboxylic acids is 2. The molecule has 5 nitrogen and oxygen atoms in total. The largest absolute Gasteiger partial charge is 0.475 e. The van der Waals surface area contributed by atoms with Crippen LogP contribution in [-0.2, 0) is 27.2 Å². The predicted octanol–water partition coefficient (Wildman–Crippen LogP) is 1.40. The van der Waals surface area contributed by atoms with E-state index in [1.54, 1.807) is 6.07 Å². The smallest absolute Gasteiger partial charge is 0.372 e. The molecule has 0 saturated carbocycles. The SMILES string of the molecule is CC(=O)Nc1ccc2c(c1)CC[C@@H](C(=O)C(=O)O)C2. The van der Waals surface area contributed by atoms with Gasteiger partial charge in [-0.2, -0.15) is 0 Å². The minimum Gasteiger partial charge on any atom is -0.475 e. The van der Waals surface area contributed by atoms with Crippen LogP contribution in [0.15, 0.2) is 18.2 Å². The maximum Gasteiger partial charge on any atom is 0.372 e. The van der Waals surface area contributed by atoms with Crippen LogP contribution >= 0.6 is 0 Å². The number of carboxylic acid groups (broad SMARTS) is 1. The van der Waals surface area contributed by atoms with Crippen molar-refractivity contribution in [1.29, 1.82) is 0 Å². The van der Waals surface area contributed by atoms with Crippen LogP contribution in [0, 0.1) is 5.92 Å². The van der Waals surface area contributed by atoms with Crippen molar-refractivity contribution >= 4 is 23.3 Å². The molecule has 0 radical (unpaired) electrons. The fourth-order valence-electron chi connectivity index (χ4n) is 2.43. The maximum absolute atomic E-state index is 11.5. The molecular formula is C14H15NO4. The topological polar surface area (TPSA) is 83.5 Å². The summed E-state index contributed by atoms with van der Waals surface area (Å²) in [4.78, 5) is 33.1. The van der Waals surface area contributed by atoms with Crippen LogP contribution in [0.5, 0.6) is 0 Å². The number of anilines is 1. The fraction of sp³-hybridized carbons (Fsp3) is 0.357. The Balaban J connectivity index is 2.16. The van der Waals surface area contributed by atoms with Gasteiger partial charge in [0.15, 0.2) is 0 Å². The van der Waals surface area contributed by atoms with E-state index in [0.717, 1.165) is 16.8 Å². The van der Waals surface area contributed by atoms with Gasteiger partial charge in [0.05, 0.1) is 0 Å². The van der Waals surface area contributed by atoms with E-state index in [9.17, 15) is 14.4 Å². The first-order valence-corrected chi connectivity index (χ1v) is 6.14. The molecule has 0 spiro atoms. The summed E-state index contributed by atoms with van der Waals surface area (Å²) >= 11 is 0. The Morgan fingerprint density at radius 2 is 2.00 bits per heavy atom. The Morgan fingerprint density at radius 1 is 1.26 bits per heavy atom. The van der Waals surface area contributed by atoms with Crippen LogP contribution in [0.1, 0.15) is 24.5 Å². The highest BCUT2D eigenvalue weighted by Gasteiger charge is 2.28. The summed E-state index contributed by atoms with van der Waals surface area (Å²) < 4.78 is 0. The first kappa shape index (κ1) is 13.3. The highest BCUT2D eigenvalue weighted by Crippen LogP contribution is 2.28. The van der Waals surface area contributed by atoms with E-state index in [1.807, 2.05) is 12.1 Å². The van der Waals surface area contributed by atoms with Gasteiger partial charge in [-0.05, 0) is 42.5 Å². The molecule has 2 N–H and O–H groups in total. The van der Waals surface area contributed by atoms with Gasteiger partial charge in [-0.15, -0.1) is 0 Å². The predicted molar refractivity (Wildman–Crippen MR) is 68.9 cm³/mol. The molecule has 0 aliphatic heterocycles. The number of aryl methyl sites for hydroxylation is 1. The van der Waals surface area contributed by atoms with Crippen molar-refractivity contribution < 1.29 is 19.5 Å². The number of rotatable bonds is 3. The van der Waals surface area contributed by atoms with E-state index in [-0.39, 0.29) is 5.91 Å². The van der Waals surface area contributed by atoms with E-state index in [2.05, 4.69) is 5.32 Å². The normalized spacial score (nSPS) is 17.4. The molecule has 1 amide bonds. The number of benzene rings is 1. The van der Waals surface area contributed by atoms with Gasteiger partial charge in [0, 0.05) is 18.5 Å². The summed E-state index contributed by atoms with van der Waals surface area (Å²) in [6, 6.07) is 5.51. The molecule has 1 aromatic carbocycles. The molecule has 1 aliphatic carbocycles. The zero-order valence-corrected chi connectivity index (χ0v) is 10.6. The quantitative estimate of drug-likeness (QED) is 0.806. The van der Waals surface area contributed by atoms with Crippen molar-refractivity contribution in [3.05, 3.63) is 29.3 Å². The fourth-order valence-corrected chi connectivity index (χ4v) is 2.43. The standard InChI is InChI=1S/C14H15NO4/c1-8(16)15-12-5-4-9-6-11(13(17)14(18)19)3-2-10(9)7-12/h4-5,7,11H,2-3,6H2,1H3,(H,15,16)(H,18,19)/t11-/m1/s1. The second-order valence-corrected chi connectivity index (χ2v) is 4.77. The molecule has 0 unspecified atom stereocenters. The zero-order valence-electron chi connectivity index (χ0n) is 10.6. The third-order valence-electron chi connectivity index (χ3n) is 3.34. The van der Waals surface area contributed by atoms with Gasteiger partial charge >= 0.3 is 5.97 Å². The first-order valence-electron chi connectivity index (χ1n) is 6.14. The molecule has 2 rings (SSSR count). The van der Waals surface area contributed by atoms with E-state index in [1.165, 1.54) is 6.92 Å². The Bertz CT molecular complexity index is 550. The summed E-state index contributed by atoms with van der Waals surface area (Å²) in [6.45, 7) is 1.45. The van der Waals surface area contributed by atoms with Crippen molar-refractivity contribution in [2.24, 2.45) is 5.92 Å². The summed E-state index contributed by atoms with van der Waals surface area (Å²) in [5.74, 6) is -2.63. The molecule has 100 valence electrons. The number of carboxylic acids is 1. The number of aliphatic carboxylic acids is 1. The van der Waals surface area contributed by atoms with Gasteiger partial charge in [0.25, 0.3) is 0 Å². The molecule has 1 aliphatic rings. The Hall–Kier alpha value is -2.17. The molecule has 0 saturated heterocycles. The number of ketones is 1. The van der Waals surface area contributed by atoms with E-state index in [0.29, 0.717) is 19.3 Å². The monoisotopic (exact) mass is 261 g/mol. The average Bonchev–Trinajstić information content (AvgIpc) is 2.36. The lowest BCUT2D eigenvalue weighted by atomic mass is 9.81. The lowest BCUT2D eigenvalue weighted by Crippen LogP contribution is -2.28. The van der Waals surface area contributed by atoms with Crippen LogP contribution < -0.4 is 5.32 Å². The van der Waals surface area contributed by atoms with Gasteiger partial charge in [-0.25, -0.2) is 4.79 Å². The number of Topliss-reactive ketones (excluding diaryl/α,β-unsaturated/α-hetero) is 1. The molecule has 0 heterocycles. The van der Waals surface area contributed by atoms with Crippen LogP contribution in [0.25, 0.3) is 0 Å². The minimum absolute atomic E-state index is 0.130. The van der Waals surface area contributed by atoms with Crippen molar-refractivity contribution in [1.82, 2.24) is 0 Å². The average molecular weight is 261 g/mol. The molecule has 0 aromatic heterocycles. The number of nitrogens with one attached hydrogen (secondary N) is 1. The van der Waals surface area contributed by atoms with E-state index in [4.69, 9.17) is 5.11 Å². The van der Waals surface area contributed by atoms with Gasteiger partial charge in [0.1, 0.15) is 0 Å². The molecule has 0 bridgehead atoms. The number of carbonyl (C=O) groups is 3. The third-order valence-corrected chi connectivity index (χ3v) is 3.34. The van der Waals surface area contributed by atoms with Gasteiger partial charge in [-0.3, -0.25) is 9.59 Å².